The van der Waals surface area contributed by atoms with Crippen LogP contribution in [0.2, 0.25) is 0 Å². The molecule has 0 amide bonds. The monoisotopic (exact) mass is 1310 g/mol. The third-order valence-corrected chi connectivity index (χ3v) is 22.4. The van der Waals surface area contributed by atoms with Crippen LogP contribution in [0, 0.1) is 27.7 Å². The zero-order valence-electron chi connectivity index (χ0n) is 52.7. The smallest absolute Gasteiger partial charge is 0.207 e. The van der Waals surface area contributed by atoms with Crippen LogP contribution in [0.4, 0.5) is 0 Å². The van der Waals surface area contributed by atoms with Crippen molar-refractivity contribution in [3.05, 3.63) is 189 Å². The Morgan fingerprint density at radius 3 is 0.778 bits per heavy atom. The van der Waals surface area contributed by atoms with Crippen LogP contribution in [0.3, 0.4) is 0 Å². The molecule has 0 bridgehead atoms. The van der Waals surface area contributed by atoms with Crippen molar-refractivity contribution in [3.63, 3.8) is 0 Å². The van der Waals surface area contributed by atoms with Gasteiger partial charge in [0, 0.05) is 0 Å². The first-order valence-electron chi connectivity index (χ1n) is 29.9. The Kier molecular flexibility index (Phi) is 25.5. The molecule has 0 radical (unpaired) electrons. The van der Waals surface area contributed by atoms with Crippen molar-refractivity contribution in [1.82, 2.24) is 0 Å². The summed E-state index contributed by atoms with van der Waals surface area (Å²) < 4.78 is 102. The van der Waals surface area contributed by atoms with Gasteiger partial charge in [-0.25, -0.2) is 33.7 Å². The summed E-state index contributed by atoms with van der Waals surface area (Å²) in [4.78, 5) is 1.29. The average Bonchev–Trinajstić information content (AvgIpc) is 3.06. The molecule has 20 heteroatoms. The maximum Gasteiger partial charge on any atom is 0.207 e. The molecule has 0 aliphatic carbocycles. The van der Waals surface area contributed by atoms with Crippen LogP contribution in [0.1, 0.15) is 136 Å². The van der Waals surface area contributed by atoms with Gasteiger partial charge in [-0.05, 0) is 268 Å². The van der Waals surface area contributed by atoms with Crippen LogP contribution >= 0.6 is 0 Å². The van der Waals surface area contributed by atoms with Crippen molar-refractivity contribution < 1.29 is 74.5 Å². The number of phenols is 8. The van der Waals surface area contributed by atoms with E-state index in [9.17, 15) is 74.5 Å². The zero-order chi connectivity index (χ0) is 67.1. The van der Waals surface area contributed by atoms with Crippen molar-refractivity contribution >= 4 is 39.3 Å². The molecular formula is C70H84O16S4. The van der Waals surface area contributed by atoms with Crippen LogP contribution in [-0.4, -0.2) is 74.5 Å². The molecule has 484 valence electrons. The van der Waals surface area contributed by atoms with Crippen LogP contribution in [-0.2, 0) is 77.9 Å². The molecule has 0 saturated heterocycles. The number of phenolic OH excluding ortho intramolecular Hbond substituents is 8. The second kappa shape index (κ2) is 31.6. The lowest BCUT2D eigenvalue weighted by molar-refractivity contribution is 0.465. The zero-order valence-corrected chi connectivity index (χ0v) is 55.9. The van der Waals surface area contributed by atoms with Crippen molar-refractivity contribution in [2.24, 2.45) is 0 Å². The standard InChI is InChI=1S/C22H30O4S.C18H22O4S.C16H18O4S.C14H14O4S/c1-5-7-9-17-13-21(15(3)11-19(17)23)27(25,26)22-14-18(10-8-6-2)20(24)12-16(22)4;1-3-5-13-11-15(7-9-17(13)19)23(21,22)16-8-10-18(20)14(12-16)6-4-2;1-3-11-9-13(5-7-15(11)17)21(19,20)14-6-8-16(18)12(4-2)10-14;1-9-7-11(3-5-13(9)15)19(17,18)12-4-6-14(16)10(2)8-12/h11-14,23-24H,5-10H2,1-4H3;7-12,19-20H,3-6H2,1-2H3;5-10,17-18H,3-4H2,1-2H3;3-8,15-16H,1-2H3. The highest BCUT2D eigenvalue weighted by molar-refractivity contribution is 7.92. The van der Waals surface area contributed by atoms with E-state index in [1.54, 1.807) is 39.8 Å². The molecule has 0 aliphatic rings. The Balaban J connectivity index is 0.000000220. The topological polar surface area (TPSA) is 298 Å². The highest BCUT2D eigenvalue weighted by atomic mass is 32.2. The summed E-state index contributed by atoms with van der Waals surface area (Å²) in [5, 5.41) is 78.2. The van der Waals surface area contributed by atoms with Gasteiger partial charge in [0.15, 0.2) is 0 Å². The Morgan fingerprint density at radius 2 is 0.511 bits per heavy atom. The van der Waals surface area contributed by atoms with E-state index >= 15 is 0 Å². The molecule has 0 heterocycles. The number of hydrogen-bond acceptors (Lipinski definition) is 16. The molecule has 8 aromatic rings. The predicted molar refractivity (Wildman–Crippen MR) is 350 cm³/mol. The highest BCUT2D eigenvalue weighted by Gasteiger charge is 2.27. The second-order valence-electron chi connectivity index (χ2n) is 22.0. The van der Waals surface area contributed by atoms with Gasteiger partial charge in [0.25, 0.3) is 0 Å². The van der Waals surface area contributed by atoms with E-state index in [2.05, 4.69) is 13.8 Å². The van der Waals surface area contributed by atoms with E-state index in [-0.39, 0.29) is 85.2 Å². The quantitative estimate of drug-likeness (QED) is 0.0352. The van der Waals surface area contributed by atoms with E-state index in [1.165, 1.54) is 121 Å². The molecule has 90 heavy (non-hydrogen) atoms. The normalized spacial score (nSPS) is 11.6. The van der Waals surface area contributed by atoms with E-state index in [0.717, 1.165) is 38.5 Å². The van der Waals surface area contributed by atoms with Gasteiger partial charge in [-0.3, -0.25) is 0 Å². The van der Waals surface area contributed by atoms with Gasteiger partial charge >= 0.3 is 0 Å². The summed E-state index contributed by atoms with van der Waals surface area (Å²) >= 11 is 0. The maximum absolute atomic E-state index is 13.4. The summed E-state index contributed by atoms with van der Waals surface area (Å²) in [6, 6.07) is 31.8. The summed E-state index contributed by atoms with van der Waals surface area (Å²) in [6.07, 6.45) is 8.94. The summed E-state index contributed by atoms with van der Waals surface area (Å²) in [6.45, 7) is 18.4. The number of hydrogen-bond donors (Lipinski definition) is 8. The van der Waals surface area contributed by atoms with Gasteiger partial charge < -0.3 is 40.9 Å². The Bertz CT molecular complexity index is 4060. The van der Waals surface area contributed by atoms with Crippen molar-refractivity contribution in [2.75, 3.05) is 0 Å². The van der Waals surface area contributed by atoms with Crippen LogP contribution in [0.5, 0.6) is 46.0 Å². The van der Waals surface area contributed by atoms with E-state index in [1.807, 2.05) is 27.7 Å². The van der Waals surface area contributed by atoms with Crippen LogP contribution in [0.15, 0.2) is 173 Å². The number of rotatable bonds is 20. The number of unbranched alkanes of at least 4 members (excludes halogenated alkanes) is 2. The minimum Gasteiger partial charge on any atom is -0.508 e. The third kappa shape index (κ3) is 17.7. The van der Waals surface area contributed by atoms with Crippen molar-refractivity contribution in [1.29, 1.82) is 0 Å². The first-order valence-corrected chi connectivity index (χ1v) is 35.8. The first kappa shape index (κ1) is 72.7. The first-order chi connectivity index (χ1) is 42.3. The lowest BCUT2D eigenvalue weighted by Gasteiger charge is -2.15. The molecular weight excluding hydrogens is 1230 g/mol. The largest absolute Gasteiger partial charge is 0.508 e. The molecule has 0 fully saturated rings. The van der Waals surface area contributed by atoms with Gasteiger partial charge in [0.05, 0.1) is 39.2 Å². The summed E-state index contributed by atoms with van der Waals surface area (Å²) in [7, 11) is -14.7. The third-order valence-electron chi connectivity index (χ3n) is 15.1. The molecule has 16 nitrogen and oxygen atoms in total. The molecule has 8 rings (SSSR count). The molecule has 0 aliphatic heterocycles. The van der Waals surface area contributed by atoms with Gasteiger partial charge in [0.2, 0.25) is 39.3 Å². The average molecular weight is 1310 g/mol. The molecule has 0 saturated carbocycles. The van der Waals surface area contributed by atoms with Gasteiger partial charge in [-0.15, -0.1) is 0 Å². The highest BCUT2D eigenvalue weighted by Crippen LogP contribution is 2.37. The maximum atomic E-state index is 13.4. The Hall–Kier alpha value is -8.04. The molecule has 8 aromatic carbocycles. The van der Waals surface area contributed by atoms with E-state index in [4.69, 9.17) is 0 Å². The molecule has 0 atom stereocenters. The van der Waals surface area contributed by atoms with Crippen LogP contribution in [0.25, 0.3) is 0 Å². The van der Waals surface area contributed by atoms with Gasteiger partial charge in [-0.2, -0.15) is 0 Å². The fourth-order valence-corrected chi connectivity index (χ4v) is 15.6. The molecule has 0 aromatic heterocycles. The van der Waals surface area contributed by atoms with Crippen molar-refractivity contribution in [2.45, 2.75) is 185 Å². The summed E-state index contributed by atoms with van der Waals surface area (Å²) in [5.74, 6) is 0.817. The fourth-order valence-electron chi connectivity index (χ4n) is 9.68. The number of aromatic hydroxyl groups is 8. The fraction of sp³-hybridized carbons (Fsp3) is 0.314. The number of aryl methyl sites for hydroxylation is 10. The SMILES string of the molecule is CCCCc1cc(S(=O)(=O)c2cc(CCCC)c(O)cc2C)c(C)cc1O.CCCc1cc(S(=O)(=O)c2ccc(O)c(CCC)c2)ccc1O.CCc1cc(S(=O)(=O)c2ccc(O)c(CC)c2)ccc1O.Cc1cc(S(=O)(=O)c2ccc(O)c(C)c2)ccc1O. The Labute approximate surface area is 531 Å². The Morgan fingerprint density at radius 1 is 0.256 bits per heavy atom. The molecule has 0 spiro atoms. The number of benzene rings is 8. The van der Waals surface area contributed by atoms with Gasteiger partial charge in [0.1, 0.15) is 46.0 Å². The van der Waals surface area contributed by atoms with E-state index < -0.39 is 39.3 Å². The number of sulfone groups is 4. The van der Waals surface area contributed by atoms with E-state index in [0.29, 0.717) is 94.2 Å². The molecule has 0 unspecified atom stereocenters. The molecule has 8 N–H and O–H groups in total. The lowest BCUT2D eigenvalue weighted by Crippen LogP contribution is -2.08. The van der Waals surface area contributed by atoms with Crippen LogP contribution < -0.4 is 0 Å². The van der Waals surface area contributed by atoms with Gasteiger partial charge in [-0.1, -0.05) is 67.2 Å². The lowest BCUT2D eigenvalue weighted by atomic mass is 10.1. The minimum atomic E-state index is -3.75. The second-order valence-corrected chi connectivity index (χ2v) is 29.7. The predicted octanol–water partition coefficient (Wildman–Crippen LogP) is 14.7. The van der Waals surface area contributed by atoms with Crippen molar-refractivity contribution in [3.8, 4) is 46.0 Å². The summed E-state index contributed by atoms with van der Waals surface area (Å²) in [5.41, 5.74) is 5.78. The minimum absolute atomic E-state index is 0.0563.